The smallest absolute Gasteiger partial charge is 0.148 e. The summed E-state index contributed by atoms with van der Waals surface area (Å²) >= 11 is 0. The second kappa shape index (κ2) is 4.85. The van der Waals surface area contributed by atoms with Crippen LogP contribution in [-0.4, -0.2) is 31.2 Å². The van der Waals surface area contributed by atoms with Gasteiger partial charge < -0.3 is 9.80 Å². The molecule has 2 aliphatic heterocycles. The number of pyridine rings is 1. The number of anilines is 2. The molecular weight excluding hydrogens is 224 g/mol. The zero-order valence-electron chi connectivity index (χ0n) is 10.6. The Bertz CT molecular complexity index is 431. The van der Waals surface area contributed by atoms with E-state index in [0.29, 0.717) is 0 Å². The second-order valence-electron chi connectivity index (χ2n) is 5.03. The van der Waals surface area contributed by atoms with Crippen molar-refractivity contribution in [1.82, 2.24) is 4.98 Å². The predicted molar refractivity (Wildman–Crippen MR) is 71.8 cm³/mol. The maximum atomic E-state index is 9.48. The minimum absolute atomic E-state index is 0.765. The zero-order valence-corrected chi connectivity index (χ0v) is 10.6. The fourth-order valence-corrected chi connectivity index (χ4v) is 2.94. The molecule has 0 saturated carbocycles. The van der Waals surface area contributed by atoms with Gasteiger partial charge in [-0.15, -0.1) is 0 Å². The van der Waals surface area contributed by atoms with Gasteiger partial charge >= 0.3 is 0 Å². The molecule has 0 unspecified atom stereocenters. The molecule has 4 nitrogen and oxygen atoms in total. The molecule has 2 aliphatic rings. The Morgan fingerprint density at radius 2 is 1.61 bits per heavy atom. The largest absolute Gasteiger partial charge is 0.370 e. The third-order valence-electron chi connectivity index (χ3n) is 3.87. The van der Waals surface area contributed by atoms with Crippen molar-refractivity contribution in [1.29, 1.82) is 5.26 Å². The van der Waals surface area contributed by atoms with Crippen LogP contribution in [0.4, 0.5) is 11.5 Å². The summed E-state index contributed by atoms with van der Waals surface area (Å²) in [6, 6.07) is 4.36. The molecule has 0 aliphatic carbocycles. The van der Waals surface area contributed by atoms with Gasteiger partial charge in [0.15, 0.2) is 0 Å². The summed E-state index contributed by atoms with van der Waals surface area (Å²) < 4.78 is 0. The predicted octanol–water partition coefficient (Wildman–Crippen LogP) is 2.15. The van der Waals surface area contributed by atoms with Crippen LogP contribution in [0, 0.1) is 11.3 Å². The van der Waals surface area contributed by atoms with Crippen LogP contribution >= 0.6 is 0 Å². The fourth-order valence-electron chi connectivity index (χ4n) is 2.94. The molecule has 0 aromatic carbocycles. The summed E-state index contributed by atoms with van der Waals surface area (Å²) in [5.74, 6) is 0.888. The molecule has 2 fully saturated rings. The first-order valence-corrected chi connectivity index (χ1v) is 6.79. The molecule has 0 radical (unpaired) electrons. The van der Waals surface area contributed by atoms with E-state index in [-0.39, 0.29) is 0 Å². The molecule has 94 valence electrons. The molecule has 3 rings (SSSR count). The lowest BCUT2D eigenvalue weighted by atomic mass is 10.2. The first-order valence-electron chi connectivity index (χ1n) is 6.79. The Kier molecular flexibility index (Phi) is 3.06. The Morgan fingerprint density at radius 1 is 1.00 bits per heavy atom. The fraction of sp³-hybridized carbons (Fsp3) is 0.571. The first kappa shape index (κ1) is 11.3. The van der Waals surface area contributed by atoms with Gasteiger partial charge in [-0.2, -0.15) is 5.26 Å². The molecule has 1 aromatic rings. The maximum absolute atomic E-state index is 9.48. The van der Waals surface area contributed by atoms with E-state index in [4.69, 9.17) is 0 Å². The summed E-state index contributed by atoms with van der Waals surface area (Å²) in [6.45, 7) is 4.20. The van der Waals surface area contributed by atoms with Gasteiger partial charge in [-0.25, -0.2) is 4.98 Å². The van der Waals surface area contributed by atoms with Crippen molar-refractivity contribution >= 4 is 11.5 Å². The number of rotatable bonds is 2. The van der Waals surface area contributed by atoms with E-state index in [2.05, 4.69) is 20.9 Å². The highest BCUT2D eigenvalue weighted by molar-refractivity contribution is 5.70. The van der Waals surface area contributed by atoms with E-state index >= 15 is 0 Å². The van der Waals surface area contributed by atoms with Crippen LogP contribution in [0.5, 0.6) is 0 Å². The van der Waals surface area contributed by atoms with Crippen molar-refractivity contribution < 1.29 is 0 Å². The van der Waals surface area contributed by atoms with Gasteiger partial charge in [0.1, 0.15) is 17.5 Å². The van der Waals surface area contributed by atoms with E-state index in [9.17, 15) is 5.26 Å². The molecule has 0 spiro atoms. The van der Waals surface area contributed by atoms with Crippen LogP contribution in [0.25, 0.3) is 0 Å². The Balaban J connectivity index is 1.99. The Morgan fingerprint density at radius 3 is 2.22 bits per heavy atom. The summed E-state index contributed by atoms with van der Waals surface area (Å²) in [6.07, 6.45) is 6.72. The van der Waals surface area contributed by atoms with Gasteiger partial charge in [0, 0.05) is 32.4 Å². The molecule has 0 N–H and O–H groups in total. The van der Waals surface area contributed by atoms with Crippen LogP contribution in [0.1, 0.15) is 31.2 Å². The van der Waals surface area contributed by atoms with Crippen molar-refractivity contribution in [2.75, 3.05) is 36.0 Å². The number of aromatic nitrogens is 1. The van der Waals surface area contributed by atoms with Crippen molar-refractivity contribution in [2.24, 2.45) is 0 Å². The Labute approximate surface area is 108 Å². The third kappa shape index (κ3) is 1.90. The summed E-state index contributed by atoms with van der Waals surface area (Å²) in [4.78, 5) is 9.01. The average molecular weight is 242 g/mol. The van der Waals surface area contributed by atoms with Gasteiger partial charge in [0.25, 0.3) is 0 Å². The molecule has 0 amide bonds. The quantitative estimate of drug-likeness (QED) is 0.797. The SMILES string of the molecule is N#Cc1c(N2CCCC2)ccnc1N1CCCC1. The van der Waals surface area contributed by atoms with Crippen molar-refractivity contribution in [2.45, 2.75) is 25.7 Å². The highest BCUT2D eigenvalue weighted by Crippen LogP contribution is 2.31. The van der Waals surface area contributed by atoms with Gasteiger partial charge in [-0.1, -0.05) is 0 Å². The van der Waals surface area contributed by atoms with Gasteiger partial charge in [0.2, 0.25) is 0 Å². The highest BCUT2D eigenvalue weighted by Gasteiger charge is 2.22. The third-order valence-corrected chi connectivity index (χ3v) is 3.87. The van der Waals surface area contributed by atoms with Crippen LogP contribution in [0.2, 0.25) is 0 Å². The van der Waals surface area contributed by atoms with E-state index in [1.165, 1.54) is 25.7 Å². The Hall–Kier alpha value is -1.76. The number of nitriles is 1. The standard InChI is InChI=1S/C14H18N4/c15-11-12-13(17-7-1-2-8-17)5-6-16-14(12)18-9-3-4-10-18/h5-6H,1-4,7-10H2. The van der Waals surface area contributed by atoms with E-state index in [1.807, 2.05) is 12.3 Å². The van der Waals surface area contributed by atoms with E-state index in [0.717, 1.165) is 43.2 Å². The maximum Gasteiger partial charge on any atom is 0.148 e. The lowest BCUT2D eigenvalue weighted by molar-refractivity contribution is 0.918. The molecule has 1 aromatic heterocycles. The molecule has 2 saturated heterocycles. The second-order valence-corrected chi connectivity index (χ2v) is 5.03. The molecule has 0 bridgehead atoms. The van der Waals surface area contributed by atoms with Crippen molar-refractivity contribution in [3.05, 3.63) is 17.8 Å². The zero-order chi connectivity index (χ0) is 12.4. The summed E-state index contributed by atoms with van der Waals surface area (Å²) in [7, 11) is 0. The van der Waals surface area contributed by atoms with E-state index in [1.54, 1.807) is 0 Å². The van der Waals surface area contributed by atoms with E-state index < -0.39 is 0 Å². The molecule has 3 heterocycles. The molecule has 0 atom stereocenters. The number of nitrogens with zero attached hydrogens (tertiary/aromatic N) is 4. The van der Waals surface area contributed by atoms with Crippen LogP contribution in [0.3, 0.4) is 0 Å². The molecule has 4 heteroatoms. The molecule has 18 heavy (non-hydrogen) atoms. The minimum Gasteiger partial charge on any atom is -0.370 e. The van der Waals surface area contributed by atoms with Gasteiger partial charge in [-0.05, 0) is 31.7 Å². The monoisotopic (exact) mass is 242 g/mol. The number of hydrogen-bond donors (Lipinski definition) is 0. The topological polar surface area (TPSA) is 43.2 Å². The molecular formula is C14H18N4. The lowest BCUT2D eigenvalue weighted by Crippen LogP contribution is -2.23. The van der Waals surface area contributed by atoms with Crippen LogP contribution in [0.15, 0.2) is 12.3 Å². The van der Waals surface area contributed by atoms with Gasteiger partial charge in [0.05, 0.1) is 5.69 Å². The average Bonchev–Trinajstić information content (AvgIpc) is 3.10. The summed E-state index contributed by atoms with van der Waals surface area (Å²) in [5, 5.41) is 9.48. The van der Waals surface area contributed by atoms with Crippen LogP contribution in [-0.2, 0) is 0 Å². The lowest BCUT2D eigenvalue weighted by Gasteiger charge is -2.23. The van der Waals surface area contributed by atoms with Crippen LogP contribution < -0.4 is 9.80 Å². The minimum atomic E-state index is 0.765. The normalized spacial score (nSPS) is 19.3. The first-order chi connectivity index (χ1) is 8.90. The van der Waals surface area contributed by atoms with Gasteiger partial charge in [-0.3, -0.25) is 0 Å². The number of hydrogen-bond acceptors (Lipinski definition) is 4. The van der Waals surface area contributed by atoms with Crippen molar-refractivity contribution in [3.8, 4) is 6.07 Å². The highest BCUT2D eigenvalue weighted by atomic mass is 15.2. The summed E-state index contributed by atoms with van der Waals surface area (Å²) in [5.41, 5.74) is 1.84. The van der Waals surface area contributed by atoms with Crippen molar-refractivity contribution in [3.63, 3.8) is 0 Å².